The Kier molecular flexibility index (Phi) is 5.17. The smallest absolute Gasteiger partial charge is 0.407 e. The third-order valence-corrected chi connectivity index (χ3v) is 5.02. The average Bonchev–Trinajstić information content (AvgIpc) is 3.05. The van der Waals surface area contributed by atoms with Crippen LogP contribution in [0.1, 0.15) is 28.2 Å². The van der Waals surface area contributed by atoms with Gasteiger partial charge in [0.15, 0.2) is 0 Å². The number of carbonyl (C=O) groups is 1. The summed E-state index contributed by atoms with van der Waals surface area (Å²) in [5.74, 6) is 6.40. The Morgan fingerprint density at radius 2 is 1.79 bits per heavy atom. The number of amides is 1. The summed E-state index contributed by atoms with van der Waals surface area (Å²) in [6.07, 6.45) is 1.15. The van der Waals surface area contributed by atoms with Gasteiger partial charge in [0.25, 0.3) is 0 Å². The molecule has 0 spiro atoms. The van der Waals surface area contributed by atoms with Crippen LogP contribution in [0.25, 0.3) is 11.1 Å². The number of hydrogen-bond acceptors (Lipinski definition) is 4. The van der Waals surface area contributed by atoms with E-state index in [-0.39, 0.29) is 19.1 Å². The van der Waals surface area contributed by atoms with Crippen molar-refractivity contribution in [3.8, 4) is 23.0 Å². The van der Waals surface area contributed by atoms with E-state index in [0.717, 1.165) is 11.1 Å². The molecule has 0 aliphatic heterocycles. The molecule has 1 aliphatic carbocycles. The van der Waals surface area contributed by atoms with Gasteiger partial charge in [-0.25, -0.2) is 9.78 Å². The van der Waals surface area contributed by atoms with E-state index in [2.05, 4.69) is 46.4 Å². The predicted molar refractivity (Wildman–Crippen MR) is 113 cm³/mol. The first-order chi connectivity index (χ1) is 14.1. The van der Waals surface area contributed by atoms with Crippen LogP contribution >= 0.6 is 0 Å². The zero-order chi connectivity index (χ0) is 20.2. The molecule has 144 valence electrons. The van der Waals surface area contributed by atoms with Crippen LogP contribution in [0, 0.1) is 18.8 Å². The average molecular weight is 383 g/mol. The van der Waals surface area contributed by atoms with Crippen LogP contribution in [0.15, 0.2) is 60.8 Å². The number of fused-ring (bicyclic) bond motifs is 3. The molecule has 4 rings (SSSR count). The van der Waals surface area contributed by atoms with Gasteiger partial charge < -0.3 is 15.8 Å². The molecule has 3 aromatic rings. The minimum absolute atomic E-state index is 0.0442. The summed E-state index contributed by atoms with van der Waals surface area (Å²) in [6.45, 7) is 2.40. The van der Waals surface area contributed by atoms with E-state index in [1.807, 2.05) is 31.2 Å². The van der Waals surface area contributed by atoms with E-state index in [9.17, 15) is 4.79 Å². The highest BCUT2D eigenvalue weighted by molar-refractivity contribution is 5.79. The zero-order valence-electron chi connectivity index (χ0n) is 16.1. The maximum Gasteiger partial charge on any atom is 0.407 e. The van der Waals surface area contributed by atoms with Gasteiger partial charge in [0.2, 0.25) is 0 Å². The number of benzene rings is 2. The van der Waals surface area contributed by atoms with Crippen molar-refractivity contribution in [3.63, 3.8) is 0 Å². The number of hydrogen-bond donors (Lipinski definition) is 2. The molecule has 1 amide bonds. The summed E-state index contributed by atoms with van der Waals surface area (Å²) in [7, 11) is 0. The van der Waals surface area contributed by atoms with Gasteiger partial charge in [0.1, 0.15) is 12.4 Å². The Hall–Kier alpha value is -3.78. The summed E-state index contributed by atoms with van der Waals surface area (Å²) < 4.78 is 5.48. The molecule has 1 aromatic heterocycles. The molecule has 5 heteroatoms. The molecule has 1 aliphatic rings. The third-order valence-electron chi connectivity index (χ3n) is 5.02. The Labute approximate surface area is 169 Å². The number of nitrogens with two attached hydrogens (primary N) is 1. The molecule has 0 atom stereocenters. The number of anilines is 1. The first-order valence-corrected chi connectivity index (χ1v) is 9.43. The summed E-state index contributed by atoms with van der Waals surface area (Å²) in [4.78, 5) is 16.1. The van der Waals surface area contributed by atoms with E-state index in [0.29, 0.717) is 5.82 Å². The first kappa shape index (κ1) is 18.6. The summed E-state index contributed by atoms with van der Waals surface area (Å²) in [6, 6.07) is 18.3. The van der Waals surface area contributed by atoms with Gasteiger partial charge in [-0.2, -0.15) is 0 Å². The maximum atomic E-state index is 12.1. The standard InChI is InChI=1S/C24H21N3O2/c1-16-13-23(25)27-14-17(16)7-6-12-26-24(28)29-15-22-20-10-4-2-8-18(20)19-9-3-5-11-21(19)22/h2-5,8-11,13-14,22H,12,15H2,1H3,(H2,25,27)(H,26,28). The predicted octanol–water partition coefficient (Wildman–Crippen LogP) is 3.86. The van der Waals surface area contributed by atoms with Crippen molar-refractivity contribution in [2.45, 2.75) is 12.8 Å². The fourth-order valence-electron chi connectivity index (χ4n) is 3.61. The lowest BCUT2D eigenvalue weighted by atomic mass is 9.98. The van der Waals surface area contributed by atoms with Crippen molar-refractivity contribution in [2.75, 3.05) is 18.9 Å². The second-order valence-corrected chi connectivity index (χ2v) is 6.90. The highest BCUT2D eigenvalue weighted by atomic mass is 16.5. The monoisotopic (exact) mass is 383 g/mol. The van der Waals surface area contributed by atoms with Crippen molar-refractivity contribution in [2.24, 2.45) is 0 Å². The second kappa shape index (κ2) is 8.07. The number of ether oxygens (including phenoxy) is 1. The van der Waals surface area contributed by atoms with Crippen LogP contribution in [0.5, 0.6) is 0 Å². The van der Waals surface area contributed by atoms with E-state index < -0.39 is 6.09 Å². The van der Waals surface area contributed by atoms with Gasteiger partial charge in [-0.15, -0.1) is 0 Å². The molecule has 0 unspecified atom stereocenters. The van der Waals surface area contributed by atoms with Crippen molar-refractivity contribution >= 4 is 11.9 Å². The Morgan fingerprint density at radius 1 is 1.14 bits per heavy atom. The number of aromatic nitrogens is 1. The molecule has 3 N–H and O–H groups in total. The molecular weight excluding hydrogens is 362 g/mol. The van der Waals surface area contributed by atoms with Gasteiger partial charge in [-0.3, -0.25) is 0 Å². The number of rotatable bonds is 3. The molecule has 5 nitrogen and oxygen atoms in total. The summed E-state index contributed by atoms with van der Waals surface area (Å²) in [5.41, 5.74) is 12.2. The third kappa shape index (κ3) is 3.92. The van der Waals surface area contributed by atoms with Crippen LogP contribution in [0.2, 0.25) is 0 Å². The zero-order valence-corrected chi connectivity index (χ0v) is 16.1. The van der Waals surface area contributed by atoms with E-state index >= 15 is 0 Å². The molecule has 0 fully saturated rings. The van der Waals surface area contributed by atoms with Gasteiger partial charge in [-0.1, -0.05) is 60.4 Å². The molecule has 0 radical (unpaired) electrons. The fourth-order valence-corrected chi connectivity index (χ4v) is 3.61. The van der Waals surface area contributed by atoms with E-state index in [1.165, 1.54) is 22.3 Å². The summed E-state index contributed by atoms with van der Waals surface area (Å²) in [5, 5.41) is 2.68. The molecular formula is C24H21N3O2. The van der Waals surface area contributed by atoms with Crippen molar-refractivity contribution in [3.05, 3.63) is 83.0 Å². The van der Waals surface area contributed by atoms with Gasteiger partial charge in [0, 0.05) is 17.7 Å². The Balaban J connectivity index is 1.35. The van der Waals surface area contributed by atoms with Crippen molar-refractivity contribution < 1.29 is 9.53 Å². The van der Waals surface area contributed by atoms with Crippen LogP contribution in [-0.4, -0.2) is 24.2 Å². The fraction of sp³-hybridized carbons (Fsp3) is 0.167. The lowest BCUT2D eigenvalue weighted by Gasteiger charge is -2.14. The number of nitrogen functional groups attached to an aromatic ring is 1. The number of pyridine rings is 1. The minimum Gasteiger partial charge on any atom is -0.449 e. The highest BCUT2D eigenvalue weighted by Crippen LogP contribution is 2.44. The minimum atomic E-state index is -0.478. The maximum absolute atomic E-state index is 12.1. The van der Waals surface area contributed by atoms with Gasteiger partial charge in [-0.05, 0) is 40.8 Å². The van der Waals surface area contributed by atoms with E-state index in [1.54, 1.807) is 12.3 Å². The van der Waals surface area contributed by atoms with Crippen molar-refractivity contribution in [1.82, 2.24) is 10.3 Å². The largest absolute Gasteiger partial charge is 0.449 e. The number of alkyl carbamates (subject to hydrolysis) is 1. The molecule has 0 bridgehead atoms. The molecule has 29 heavy (non-hydrogen) atoms. The van der Waals surface area contributed by atoms with Gasteiger partial charge in [0.05, 0.1) is 6.54 Å². The molecule has 0 saturated heterocycles. The van der Waals surface area contributed by atoms with Crippen LogP contribution < -0.4 is 11.1 Å². The highest BCUT2D eigenvalue weighted by Gasteiger charge is 2.28. The normalized spacial score (nSPS) is 11.8. The lowest BCUT2D eigenvalue weighted by Crippen LogP contribution is -2.26. The lowest BCUT2D eigenvalue weighted by molar-refractivity contribution is 0.144. The number of nitrogens with one attached hydrogen (secondary N) is 1. The number of aryl methyl sites for hydroxylation is 1. The number of carbonyl (C=O) groups excluding carboxylic acids is 1. The quantitative estimate of drug-likeness (QED) is 0.673. The topological polar surface area (TPSA) is 77.2 Å². The molecule has 0 saturated carbocycles. The van der Waals surface area contributed by atoms with E-state index in [4.69, 9.17) is 10.5 Å². The molecule has 1 heterocycles. The summed E-state index contributed by atoms with van der Waals surface area (Å²) >= 11 is 0. The first-order valence-electron chi connectivity index (χ1n) is 9.43. The molecule has 2 aromatic carbocycles. The SMILES string of the molecule is Cc1cc(N)ncc1C#CCNC(=O)OCC1c2ccccc2-c2ccccc21. The number of nitrogens with zero attached hydrogens (tertiary/aromatic N) is 1. The van der Waals surface area contributed by atoms with Crippen LogP contribution in [0.3, 0.4) is 0 Å². The van der Waals surface area contributed by atoms with Crippen molar-refractivity contribution in [1.29, 1.82) is 0 Å². The second-order valence-electron chi connectivity index (χ2n) is 6.90. The van der Waals surface area contributed by atoms with Gasteiger partial charge >= 0.3 is 6.09 Å². The van der Waals surface area contributed by atoms with Crippen LogP contribution in [0.4, 0.5) is 10.6 Å². The Morgan fingerprint density at radius 3 is 2.45 bits per heavy atom. The van der Waals surface area contributed by atoms with Crippen LogP contribution in [-0.2, 0) is 4.74 Å². The Bertz CT molecular complexity index is 1080.